The predicted octanol–water partition coefficient (Wildman–Crippen LogP) is 1.01. The van der Waals surface area contributed by atoms with Gasteiger partial charge in [0.15, 0.2) is 0 Å². The second-order valence-corrected chi connectivity index (χ2v) is 8.03. The number of fused-ring (bicyclic) bond motifs is 2. The van der Waals surface area contributed by atoms with Crippen LogP contribution in [0, 0.1) is 0 Å². The predicted molar refractivity (Wildman–Crippen MR) is 69.8 cm³/mol. The van der Waals surface area contributed by atoms with Crippen molar-refractivity contribution < 1.29 is 13.5 Å². The molecule has 1 aromatic rings. The molecule has 0 radical (unpaired) electrons. The molecule has 0 spiro atoms. The number of sulfonamides is 1. The van der Waals surface area contributed by atoms with Crippen LogP contribution in [-0.4, -0.2) is 36.0 Å². The van der Waals surface area contributed by atoms with Gasteiger partial charge in [-0.3, -0.25) is 0 Å². The van der Waals surface area contributed by atoms with Gasteiger partial charge in [-0.25, -0.2) is 8.42 Å². The average Bonchev–Trinajstić information content (AvgIpc) is 2.83. The minimum atomic E-state index is -3.44. The van der Waals surface area contributed by atoms with Gasteiger partial charge in [-0.15, -0.1) is 11.3 Å². The third-order valence-electron chi connectivity index (χ3n) is 3.77. The lowest BCUT2D eigenvalue weighted by molar-refractivity contribution is 0.0770. The van der Waals surface area contributed by atoms with E-state index in [9.17, 15) is 13.5 Å². The van der Waals surface area contributed by atoms with Crippen LogP contribution in [0.4, 0.5) is 5.69 Å². The van der Waals surface area contributed by atoms with Gasteiger partial charge >= 0.3 is 0 Å². The normalized spacial score (nSPS) is 32.8. The molecule has 2 aliphatic rings. The molecule has 3 N–H and O–H groups in total. The van der Waals surface area contributed by atoms with Gasteiger partial charge in [-0.2, -0.15) is 4.31 Å². The van der Waals surface area contributed by atoms with Crippen LogP contribution in [0.1, 0.15) is 25.7 Å². The first-order valence-electron chi connectivity index (χ1n) is 6.04. The van der Waals surface area contributed by atoms with Gasteiger partial charge in [-0.05, 0) is 31.7 Å². The molecular formula is C11H16N2O3S2. The highest BCUT2D eigenvalue weighted by Gasteiger charge is 2.47. The first-order valence-corrected chi connectivity index (χ1v) is 8.36. The molecule has 0 aliphatic carbocycles. The topological polar surface area (TPSA) is 83.6 Å². The summed E-state index contributed by atoms with van der Waals surface area (Å²) >= 11 is 1.17. The molecule has 2 unspecified atom stereocenters. The van der Waals surface area contributed by atoms with Gasteiger partial charge < -0.3 is 10.8 Å². The number of nitrogens with two attached hydrogens (primary N) is 1. The number of aliphatic hydroxyl groups is 1. The molecule has 100 valence electrons. The van der Waals surface area contributed by atoms with Crippen molar-refractivity contribution in [2.75, 3.05) is 5.73 Å². The van der Waals surface area contributed by atoms with E-state index in [1.165, 1.54) is 17.4 Å². The highest BCUT2D eigenvalue weighted by Crippen LogP contribution is 2.40. The van der Waals surface area contributed by atoms with Crippen molar-refractivity contribution in [2.24, 2.45) is 0 Å². The maximum Gasteiger partial charge on any atom is 0.253 e. The van der Waals surface area contributed by atoms with E-state index in [0.29, 0.717) is 22.7 Å². The standard InChI is InChI=1S/C11H16N2O3S2/c12-7-3-11(17-6-7)18(15,16)13-8-1-2-9(13)5-10(14)4-8/h3,6,8-10,14H,1-2,4-5,12H2. The van der Waals surface area contributed by atoms with Crippen molar-refractivity contribution in [1.82, 2.24) is 4.31 Å². The smallest absolute Gasteiger partial charge is 0.253 e. The van der Waals surface area contributed by atoms with E-state index in [0.717, 1.165) is 12.8 Å². The zero-order chi connectivity index (χ0) is 12.9. The Hall–Kier alpha value is -0.630. The molecule has 1 aromatic heterocycles. The second-order valence-electron chi connectivity index (χ2n) is 5.04. The molecule has 3 rings (SSSR count). The first kappa shape index (κ1) is 12.4. The van der Waals surface area contributed by atoms with Gasteiger partial charge in [0.25, 0.3) is 10.0 Å². The van der Waals surface area contributed by atoms with Crippen molar-refractivity contribution in [3.8, 4) is 0 Å². The summed E-state index contributed by atoms with van der Waals surface area (Å²) < 4.78 is 27.0. The SMILES string of the molecule is Nc1csc(S(=O)(=O)N2C3CCC2CC(O)C3)c1. The van der Waals surface area contributed by atoms with E-state index in [-0.39, 0.29) is 18.2 Å². The van der Waals surface area contributed by atoms with Crippen LogP contribution in [-0.2, 0) is 10.0 Å². The fraction of sp³-hybridized carbons (Fsp3) is 0.636. The summed E-state index contributed by atoms with van der Waals surface area (Å²) in [6, 6.07) is 1.42. The Labute approximate surface area is 110 Å². The molecule has 18 heavy (non-hydrogen) atoms. The van der Waals surface area contributed by atoms with E-state index in [1.807, 2.05) is 0 Å². The Morgan fingerprint density at radius 2 is 1.94 bits per heavy atom. The van der Waals surface area contributed by atoms with Gasteiger partial charge in [0.2, 0.25) is 0 Å². The molecule has 2 atom stereocenters. The molecule has 0 aromatic carbocycles. The third-order valence-corrected chi connectivity index (χ3v) is 7.21. The molecule has 0 amide bonds. The molecular weight excluding hydrogens is 272 g/mol. The Bertz CT molecular complexity index is 540. The van der Waals surface area contributed by atoms with E-state index < -0.39 is 10.0 Å². The molecule has 3 heterocycles. The Balaban J connectivity index is 1.96. The second kappa shape index (κ2) is 4.19. The van der Waals surface area contributed by atoms with Crippen molar-refractivity contribution in [3.63, 3.8) is 0 Å². The molecule has 2 aliphatic heterocycles. The van der Waals surface area contributed by atoms with Crippen LogP contribution in [0.5, 0.6) is 0 Å². The highest BCUT2D eigenvalue weighted by atomic mass is 32.2. The van der Waals surface area contributed by atoms with E-state index in [4.69, 9.17) is 5.73 Å². The molecule has 2 fully saturated rings. The van der Waals surface area contributed by atoms with Crippen LogP contribution in [0.25, 0.3) is 0 Å². The molecule has 2 bridgehead atoms. The van der Waals surface area contributed by atoms with Gasteiger partial charge in [-0.1, -0.05) is 0 Å². The molecule has 0 saturated carbocycles. The number of thiophene rings is 1. The molecule has 5 nitrogen and oxygen atoms in total. The summed E-state index contributed by atoms with van der Waals surface area (Å²) in [6.07, 6.45) is 2.44. The lowest BCUT2D eigenvalue weighted by atomic mass is 10.0. The first-order chi connectivity index (χ1) is 8.48. The Morgan fingerprint density at radius 3 is 2.44 bits per heavy atom. The average molecular weight is 288 g/mol. The number of hydrogen-bond acceptors (Lipinski definition) is 5. The lowest BCUT2D eigenvalue weighted by Crippen LogP contribution is -2.47. The summed E-state index contributed by atoms with van der Waals surface area (Å²) in [6.45, 7) is 0. The number of rotatable bonds is 2. The number of piperidine rings is 1. The maximum atomic E-state index is 12.6. The van der Waals surface area contributed by atoms with Crippen LogP contribution in [0.3, 0.4) is 0 Å². The van der Waals surface area contributed by atoms with Gasteiger partial charge in [0, 0.05) is 23.2 Å². The summed E-state index contributed by atoms with van der Waals surface area (Å²) in [5.41, 5.74) is 6.09. The minimum absolute atomic E-state index is 0.0490. The van der Waals surface area contributed by atoms with Crippen LogP contribution >= 0.6 is 11.3 Å². The zero-order valence-corrected chi connectivity index (χ0v) is 11.5. The zero-order valence-electron chi connectivity index (χ0n) is 9.82. The quantitative estimate of drug-likeness (QED) is 0.850. The largest absolute Gasteiger partial charge is 0.398 e. The Kier molecular flexibility index (Phi) is 2.89. The minimum Gasteiger partial charge on any atom is -0.398 e. The van der Waals surface area contributed by atoms with Crippen LogP contribution in [0.15, 0.2) is 15.7 Å². The van der Waals surface area contributed by atoms with E-state index in [2.05, 4.69) is 0 Å². The van der Waals surface area contributed by atoms with Crippen LogP contribution in [0.2, 0.25) is 0 Å². The number of anilines is 1. The number of hydrogen-bond donors (Lipinski definition) is 2. The summed E-state index contributed by atoms with van der Waals surface area (Å²) in [7, 11) is -3.44. The summed E-state index contributed by atoms with van der Waals surface area (Å²) in [5, 5.41) is 11.4. The van der Waals surface area contributed by atoms with Gasteiger partial charge in [0.1, 0.15) is 4.21 Å². The monoisotopic (exact) mass is 288 g/mol. The summed E-state index contributed by atoms with van der Waals surface area (Å²) in [5.74, 6) is 0. The van der Waals surface area contributed by atoms with Crippen LogP contribution < -0.4 is 5.73 Å². The Morgan fingerprint density at radius 1 is 1.33 bits per heavy atom. The maximum absolute atomic E-state index is 12.6. The number of nitrogen functional groups attached to an aromatic ring is 1. The fourth-order valence-corrected chi connectivity index (χ4v) is 6.14. The van der Waals surface area contributed by atoms with Crippen molar-refractivity contribution in [1.29, 1.82) is 0 Å². The fourth-order valence-electron chi connectivity index (χ4n) is 3.07. The number of nitrogens with zero attached hydrogens (tertiary/aromatic N) is 1. The number of aliphatic hydroxyl groups excluding tert-OH is 1. The van der Waals surface area contributed by atoms with Crippen molar-refractivity contribution in [2.45, 2.75) is 48.1 Å². The van der Waals surface area contributed by atoms with E-state index >= 15 is 0 Å². The lowest BCUT2D eigenvalue weighted by Gasteiger charge is -2.35. The third kappa shape index (κ3) is 1.85. The highest BCUT2D eigenvalue weighted by molar-refractivity contribution is 7.91. The van der Waals surface area contributed by atoms with Gasteiger partial charge in [0.05, 0.1) is 6.10 Å². The van der Waals surface area contributed by atoms with E-state index in [1.54, 1.807) is 9.69 Å². The summed E-state index contributed by atoms with van der Waals surface area (Å²) in [4.78, 5) is 0. The molecule has 7 heteroatoms. The van der Waals surface area contributed by atoms with Crippen molar-refractivity contribution in [3.05, 3.63) is 11.4 Å². The van der Waals surface area contributed by atoms with Crippen molar-refractivity contribution >= 4 is 27.0 Å². The molecule has 2 saturated heterocycles.